The molecule has 32 heavy (non-hydrogen) atoms. The number of nitrogens with zero attached hydrogens (tertiary/aromatic N) is 3. The largest absolute Gasteiger partial charge is 0.480 e. The first kappa shape index (κ1) is 22.8. The number of carboxylic acids is 1. The Kier molecular flexibility index (Phi) is 6.28. The van der Waals surface area contributed by atoms with Gasteiger partial charge in [0, 0.05) is 24.8 Å². The molecule has 1 fully saturated rings. The van der Waals surface area contributed by atoms with E-state index in [1.165, 1.54) is 16.2 Å². The number of aromatic nitrogens is 1. The highest BCUT2D eigenvalue weighted by molar-refractivity contribution is 8.30. The number of thiazole rings is 1. The van der Waals surface area contributed by atoms with Gasteiger partial charge in [-0.15, -0.1) is 11.3 Å². The predicted octanol–water partition coefficient (Wildman–Crippen LogP) is 1.58. The Morgan fingerprint density at radius 2 is 2.03 bits per heavy atom. The summed E-state index contributed by atoms with van der Waals surface area (Å²) in [7, 11) is 0. The molecule has 1 N–H and O–H groups in total. The highest BCUT2D eigenvalue weighted by Crippen LogP contribution is 2.33. The molecule has 1 saturated heterocycles. The van der Waals surface area contributed by atoms with Crippen molar-refractivity contribution < 1.29 is 14.7 Å². The fraction of sp³-hybridized carbons (Fsp3) is 0.364. The standard InChI is InChI=1S/C22H23N3O4S3/c1-4-23-12(3)8-14-9-13(6-7-15(14)23)10-16-19(28)25(11-17(26)27)21(31-16)18-20(29)24(5-2)22(30)32-18/h6-7,9-10,12H,4-5,8,11H2,1-3H3,(H,26,27). The molecule has 1 unspecified atom stereocenters. The summed E-state index contributed by atoms with van der Waals surface area (Å²) in [4.78, 5) is 41.4. The van der Waals surface area contributed by atoms with Gasteiger partial charge in [0.05, 0.1) is 4.53 Å². The number of rotatable bonds is 5. The van der Waals surface area contributed by atoms with Gasteiger partial charge in [-0.25, -0.2) is 0 Å². The number of likely N-dealkylation sites (N-methyl/N-ethyl adjacent to an activating group) is 1. The summed E-state index contributed by atoms with van der Waals surface area (Å²) in [5, 5.41) is 9.35. The van der Waals surface area contributed by atoms with Gasteiger partial charge in [-0.3, -0.25) is 23.9 Å². The summed E-state index contributed by atoms with van der Waals surface area (Å²) in [6.45, 7) is 6.99. The van der Waals surface area contributed by atoms with Crippen molar-refractivity contribution >= 4 is 68.2 Å². The van der Waals surface area contributed by atoms with E-state index >= 15 is 0 Å². The van der Waals surface area contributed by atoms with Gasteiger partial charge in [0.2, 0.25) is 0 Å². The number of anilines is 1. The number of carbonyl (C=O) groups is 2. The number of thiocarbonyl (C=S) groups is 1. The van der Waals surface area contributed by atoms with E-state index in [-0.39, 0.29) is 5.91 Å². The van der Waals surface area contributed by atoms with Crippen molar-refractivity contribution in [3.05, 3.63) is 48.9 Å². The molecule has 168 valence electrons. The van der Waals surface area contributed by atoms with Crippen LogP contribution in [0.4, 0.5) is 5.69 Å². The molecule has 1 aromatic carbocycles. The Bertz CT molecular complexity index is 1310. The molecule has 0 saturated carbocycles. The van der Waals surface area contributed by atoms with Gasteiger partial charge in [0.25, 0.3) is 11.5 Å². The summed E-state index contributed by atoms with van der Waals surface area (Å²) in [5.74, 6) is -1.43. The van der Waals surface area contributed by atoms with Gasteiger partial charge < -0.3 is 10.0 Å². The molecule has 0 aliphatic carbocycles. The van der Waals surface area contributed by atoms with Crippen LogP contribution in [0.5, 0.6) is 0 Å². The molecule has 1 amide bonds. The lowest BCUT2D eigenvalue weighted by Gasteiger charge is -2.22. The van der Waals surface area contributed by atoms with Crippen LogP contribution in [-0.4, -0.2) is 49.9 Å². The number of carboxylic acid groups (broad SMARTS) is 1. The van der Waals surface area contributed by atoms with E-state index in [1.807, 2.05) is 13.0 Å². The zero-order chi connectivity index (χ0) is 23.2. The second-order valence-electron chi connectivity index (χ2n) is 7.67. The van der Waals surface area contributed by atoms with Crippen LogP contribution in [0.25, 0.3) is 11.0 Å². The molecule has 0 spiro atoms. The molecular formula is C22H23N3O4S3. The molecule has 10 heteroatoms. The van der Waals surface area contributed by atoms with E-state index in [1.54, 1.807) is 6.08 Å². The molecule has 0 radical (unpaired) electrons. The van der Waals surface area contributed by atoms with Crippen LogP contribution in [0.15, 0.2) is 23.0 Å². The molecule has 7 nitrogen and oxygen atoms in total. The van der Waals surface area contributed by atoms with Gasteiger partial charge in [-0.05, 0) is 56.5 Å². The monoisotopic (exact) mass is 489 g/mol. The number of thioether (sulfide) groups is 1. The third-order valence-electron chi connectivity index (χ3n) is 5.66. The Hall–Kier alpha value is -2.43. The minimum Gasteiger partial charge on any atom is -0.480 e. The summed E-state index contributed by atoms with van der Waals surface area (Å²) in [6.07, 6.45) is 2.71. The predicted molar refractivity (Wildman–Crippen MR) is 133 cm³/mol. The SMILES string of the molecule is CCN1C(=O)C(=c2sc(=Cc3ccc4c(c3)CC(C)N4CC)c(=O)n2CC(=O)O)SC1=S. The minimum absolute atomic E-state index is 0.291. The molecule has 1 atom stereocenters. The van der Waals surface area contributed by atoms with Crippen molar-refractivity contribution in [2.75, 3.05) is 18.0 Å². The highest BCUT2D eigenvalue weighted by Gasteiger charge is 2.33. The number of hydrogen-bond acceptors (Lipinski definition) is 7. The zero-order valence-electron chi connectivity index (χ0n) is 18.0. The number of benzene rings is 1. The Labute approximate surface area is 198 Å². The van der Waals surface area contributed by atoms with Crippen LogP contribution in [0.3, 0.4) is 0 Å². The number of amides is 1. The minimum atomic E-state index is -1.14. The Morgan fingerprint density at radius 1 is 1.28 bits per heavy atom. The highest BCUT2D eigenvalue weighted by atomic mass is 32.2. The maximum atomic E-state index is 13.1. The molecule has 2 aromatic rings. The average Bonchev–Trinajstić information content (AvgIpc) is 3.32. The molecule has 4 rings (SSSR count). The lowest BCUT2D eigenvalue weighted by atomic mass is 10.1. The third-order valence-corrected chi connectivity index (χ3v) is 8.36. The number of hydrogen-bond donors (Lipinski definition) is 1. The van der Waals surface area contributed by atoms with E-state index in [0.717, 1.165) is 46.2 Å². The third kappa shape index (κ3) is 3.91. The van der Waals surface area contributed by atoms with E-state index in [2.05, 4.69) is 30.9 Å². The molecule has 0 bridgehead atoms. The van der Waals surface area contributed by atoms with Crippen LogP contribution < -0.4 is 19.7 Å². The molecule has 3 heterocycles. The maximum absolute atomic E-state index is 13.1. The van der Waals surface area contributed by atoms with Crippen LogP contribution in [0, 0.1) is 0 Å². The topological polar surface area (TPSA) is 82.9 Å². The lowest BCUT2D eigenvalue weighted by Crippen LogP contribution is -2.35. The maximum Gasteiger partial charge on any atom is 0.323 e. The Morgan fingerprint density at radius 3 is 2.66 bits per heavy atom. The van der Waals surface area contributed by atoms with Crippen molar-refractivity contribution in [1.29, 1.82) is 0 Å². The van der Waals surface area contributed by atoms with Crippen LogP contribution >= 0.6 is 35.3 Å². The first-order valence-electron chi connectivity index (χ1n) is 10.4. The van der Waals surface area contributed by atoms with Crippen LogP contribution in [0.1, 0.15) is 31.9 Å². The second-order valence-corrected chi connectivity index (χ2v) is 10.3. The number of fused-ring (bicyclic) bond motifs is 1. The van der Waals surface area contributed by atoms with E-state index in [4.69, 9.17) is 12.2 Å². The van der Waals surface area contributed by atoms with Crippen molar-refractivity contribution in [3.63, 3.8) is 0 Å². The molecule has 1 aromatic heterocycles. The van der Waals surface area contributed by atoms with E-state index < -0.39 is 18.1 Å². The van der Waals surface area contributed by atoms with Gasteiger partial charge in [0.1, 0.15) is 20.4 Å². The zero-order valence-corrected chi connectivity index (χ0v) is 20.4. The van der Waals surface area contributed by atoms with Gasteiger partial charge in [-0.2, -0.15) is 0 Å². The average molecular weight is 490 g/mol. The van der Waals surface area contributed by atoms with E-state index in [9.17, 15) is 19.5 Å². The number of aliphatic carboxylic acids is 1. The van der Waals surface area contributed by atoms with Crippen molar-refractivity contribution in [2.24, 2.45) is 0 Å². The quantitative estimate of drug-likeness (QED) is 0.639. The smallest absolute Gasteiger partial charge is 0.323 e. The van der Waals surface area contributed by atoms with Crippen molar-refractivity contribution in [3.8, 4) is 0 Å². The van der Waals surface area contributed by atoms with Crippen LogP contribution in [0.2, 0.25) is 0 Å². The molecule has 2 aliphatic heterocycles. The first-order chi connectivity index (χ1) is 15.2. The normalized spacial score (nSPS) is 20.5. The fourth-order valence-electron chi connectivity index (χ4n) is 4.20. The van der Waals surface area contributed by atoms with Crippen molar-refractivity contribution in [1.82, 2.24) is 9.47 Å². The van der Waals surface area contributed by atoms with Gasteiger partial charge in [0.15, 0.2) is 0 Å². The lowest BCUT2D eigenvalue weighted by molar-refractivity contribution is -0.137. The summed E-state index contributed by atoms with van der Waals surface area (Å²) >= 11 is 7.53. The van der Waals surface area contributed by atoms with Crippen molar-refractivity contribution in [2.45, 2.75) is 39.8 Å². The first-order valence-corrected chi connectivity index (χ1v) is 12.4. The molecular weight excluding hydrogens is 466 g/mol. The van der Waals surface area contributed by atoms with Crippen LogP contribution in [-0.2, 0) is 22.6 Å². The number of carbonyl (C=O) groups excluding carboxylic acids is 1. The fourth-order valence-corrected chi connectivity index (χ4v) is 6.85. The second kappa shape index (κ2) is 8.84. The van der Waals surface area contributed by atoms with E-state index in [0.29, 0.717) is 31.0 Å². The molecule has 2 aliphatic rings. The van der Waals surface area contributed by atoms with Gasteiger partial charge >= 0.3 is 5.97 Å². The summed E-state index contributed by atoms with van der Waals surface area (Å²) < 4.78 is 2.30. The van der Waals surface area contributed by atoms with Gasteiger partial charge in [-0.1, -0.05) is 30.0 Å². The summed E-state index contributed by atoms with van der Waals surface area (Å²) in [6, 6.07) is 6.55. The summed E-state index contributed by atoms with van der Waals surface area (Å²) in [5.41, 5.74) is 2.90. The Balaban J connectivity index is 1.87.